The molecule has 2 heterocycles. The Morgan fingerprint density at radius 3 is 2.77 bits per heavy atom. The third kappa shape index (κ3) is 3.33. The Labute approximate surface area is 159 Å². The summed E-state index contributed by atoms with van der Waals surface area (Å²) >= 11 is 7.82. The summed E-state index contributed by atoms with van der Waals surface area (Å²) in [7, 11) is 1.69. The highest BCUT2D eigenvalue weighted by Gasteiger charge is 2.13. The fourth-order valence-corrected chi connectivity index (χ4v) is 3.88. The summed E-state index contributed by atoms with van der Waals surface area (Å²) < 4.78 is 13.4. The second kappa shape index (κ2) is 7.50. The molecule has 0 fully saturated rings. The van der Waals surface area contributed by atoms with Gasteiger partial charge in [-0.15, -0.1) is 11.3 Å². The van der Waals surface area contributed by atoms with Gasteiger partial charge in [0.05, 0.1) is 23.0 Å². The summed E-state index contributed by atoms with van der Waals surface area (Å²) in [5.41, 5.74) is 2.60. The lowest BCUT2D eigenvalue weighted by atomic mass is 10.2. The van der Waals surface area contributed by atoms with Crippen molar-refractivity contribution in [3.63, 3.8) is 0 Å². The molecular formula is C20H17ClN2O2S. The molecule has 26 heavy (non-hydrogen) atoms. The third-order valence-corrected chi connectivity index (χ3v) is 5.25. The van der Waals surface area contributed by atoms with E-state index in [1.165, 1.54) is 0 Å². The Morgan fingerprint density at radius 1 is 1.15 bits per heavy atom. The number of ether oxygens (including phenoxy) is 1. The molecule has 0 aliphatic rings. The number of nitrogens with zero attached hydrogens (tertiary/aromatic N) is 2. The zero-order valence-electron chi connectivity index (χ0n) is 14.2. The highest BCUT2D eigenvalue weighted by molar-refractivity contribution is 7.07. The molecule has 0 aliphatic heterocycles. The van der Waals surface area contributed by atoms with Crippen LogP contribution in [0.5, 0.6) is 0 Å². The van der Waals surface area contributed by atoms with E-state index in [1.54, 1.807) is 18.4 Å². The number of rotatable bonds is 5. The topological polar surface area (TPSA) is 39.7 Å². The molecule has 0 spiro atoms. The van der Waals surface area contributed by atoms with Gasteiger partial charge in [-0.3, -0.25) is 0 Å². The van der Waals surface area contributed by atoms with Crippen molar-refractivity contribution in [3.05, 3.63) is 69.8 Å². The predicted molar refractivity (Wildman–Crippen MR) is 106 cm³/mol. The molecule has 0 saturated carbocycles. The zero-order valence-corrected chi connectivity index (χ0v) is 15.8. The minimum absolute atomic E-state index is 0.583. The summed E-state index contributed by atoms with van der Waals surface area (Å²) in [4.78, 5) is 5.60. The Bertz CT molecular complexity index is 1080. The van der Waals surface area contributed by atoms with Crippen molar-refractivity contribution in [1.82, 2.24) is 4.57 Å². The molecule has 6 heteroatoms. The normalized spacial score (nSPS) is 12.2. The number of para-hydroxylation sites is 2. The van der Waals surface area contributed by atoms with E-state index in [9.17, 15) is 0 Å². The monoisotopic (exact) mass is 384 g/mol. The van der Waals surface area contributed by atoms with Crippen molar-refractivity contribution >= 4 is 39.6 Å². The Hall–Kier alpha value is -2.34. The van der Waals surface area contributed by atoms with Crippen LogP contribution in [-0.2, 0) is 11.3 Å². The van der Waals surface area contributed by atoms with E-state index in [2.05, 4.69) is 16.0 Å². The van der Waals surface area contributed by atoms with E-state index in [-0.39, 0.29) is 0 Å². The van der Waals surface area contributed by atoms with Gasteiger partial charge in [-0.1, -0.05) is 41.9 Å². The van der Waals surface area contributed by atoms with Crippen LogP contribution in [0.3, 0.4) is 0 Å². The van der Waals surface area contributed by atoms with E-state index in [0.717, 1.165) is 32.9 Å². The fraction of sp³-hybridized carbons (Fsp3) is 0.150. The first-order valence-corrected chi connectivity index (χ1v) is 9.47. The van der Waals surface area contributed by atoms with Crippen molar-refractivity contribution < 1.29 is 9.15 Å². The highest BCUT2D eigenvalue weighted by Crippen LogP contribution is 2.29. The second-order valence-corrected chi connectivity index (χ2v) is 7.00. The maximum atomic E-state index is 6.27. The summed E-state index contributed by atoms with van der Waals surface area (Å²) in [5, 5.41) is 3.77. The lowest BCUT2D eigenvalue weighted by Crippen LogP contribution is -2.18. The van der Waals surface area contributed by atoms with Gasteiger partial charge in [-0.05, 0) is 24.3 Å². The molecule has 0 bridgehead atoms. The average Bonchev–Trinajstić information content (AvgIpc) is 3.25. The Morgan fingerprint density at radius 2 is 1.96 bits per heavy atom. The smallest absolute Gasteiger partial charge is 0.190 e. The molecular weight excluding hydrogens is 368 g/mol. The molecule has 4 nitrogen and oxygen atoms in total. The summed E-state index contributed by atoms with van der Waals surface area (Å²) in [6, 6.07) is 17.6. The molecule has 4 aromatic rings. The van der Waals surface area contributed by atoms with E-state index >= 15 is 0 Å². The molecule has 4 rings (SSSR count). The summed E-state index contributed by atoms with van der Waals surface area (Å²) in [5.74, 6) is 0.819. The van der Waals surface area contributed by atoms with E-state index in [4.69, 9.17) is 25.7 Å². The van der Waals surface area contributed by atoms with E-state index < -0.39 is 0 Å². The van der Waals surface area contributed by atoms with Gasteiger partial charge < -0.3 is 13.7 Å². The van der Waals surface area contributed by atoms with Crippen LogP contribution < -0.4 is 4.80 Å². The number of furan rings is 1. The van der Waals surface area contributed by atoms with Gasteiger partial charge in [-0.2, -0.15) is 0 Å². The molecule has 0 unspecified atom stereocenters. The van der Waals surface area contributed by atoms with Gasteiger partial charge in [0, 0.05) is 24.4 Å². The molecule has 0 aliphatic carbocycles. The van der Waals surface area contributed by atoms with Crippen LogP contribution in [-0.4, -0.2) is 18.3 Å². The van der Waals surface area contributed by atoms with Crippen molar-refractivity contribution in [1.29, 1.82) is 0 Å². The van der Waals surface area contributed by atoms with Crippen LogP contribution in [0.4, 0.5) is 5.69 Å². The van der Waals surface area contributed by atoms with Crippen LogP contribution in [0.1, 0.15) is 0 Å². The van der Waals surface area contributed by atoms with Crippen LogP contribution in [0.25, 0.3) is 22.4 Å². The molecule has 0 N–H and O–H groups in total. The number of halogens is 1. The van der Waals surface area contributed by atoms with Crippen LogP contribution in [0.2, 0.25) is 5.02 Å². The number of fused-ring (bicyclic) bond motifs is 1. The van der Waals surface area contributed by atoms with Crippen LogP contribution in [0.15, 0.2) is 69.4 Å². The lowest BCUT2D eigenvalue weighted by molar-refractivity contribution is 0.187. The first-order valence-electron chi connectivity index (χ1n) is 8.22. The standard InChI is InChI=1S/C20H17ClN2O2S/c1-24-11-10-23-17(19-12-14-6-2-5-9-18(14)25-19)13-26-20(23)22-16-8-4-3-7-15(16)21/h2-9,12-13H,10-11H2,1H3. The largest absolute Gasteiger partial charge is 0.454 e. The zero-order chi connectivity index (χ0) is 17.9. The van der Waals surface area contributed by atoms with Crippen molar-refractivity contribution in [2.45, 2.75) is 6.54 Å². The minimum atomic E-state index is 0.583. The maximum Gasteiger partial charge on any atom is 0.190 e. The van der Waals surface area contributed by atoms with Crippen LogP contribution in [0, 0.1) is 0 Å². The molecule has 2 aromatic carbocycles. The number of methoxy groups -OCH3 is 1. The summed E-state index contributed by atoms with van der Waals surface area (Å²) in [6.45, 7) is 1.26. The van der Waals surface area contributed by atoms with Gasteiger partial charge in [0.25, 0.3) is 0 Å². The minimum Gasteiger partial charge on any atom is -0.454 e. The van der Waals surface area contributed by atoms with E-state index in [1.807, 2.05) is 48.5 Å². The van der Waals surface area contributed by atoms with Crippen molar-refractivity contribution in [3.8, 4) is 11.5 Å². The van der Waals surface area contributed by atoms with Crippen LogP contribution >= 0.6 is 22.9 Å². The molecule has 0 radical (unpaired) electrons. The molecule has 0 saturated heterocycles. The first-order chi connectivity index (χ1) is 12.8. The first kappa shape index (κ1) is 17.1. The fourth-order valence-electron chi connectivity index (χ4n) is 2.77. The van der Waals surface area contributed by atoms with E-state index in [0.29, 0.717) is 18.2 Å². The average molecular weight is 385 g/mol. The van der Waals surface area contributed by atoms with Gasteiger partial charge >= 0.3 is 0 Å². The van der Waals surface area contributed by atoms with Gasteiger partial charge in [-0.25, -0.2) is 4.99 Å². The SMILES string of the molecule is COCCn1c(-c2cc3ccccc3o2)csc1=Nc1ccccc1Cl. The van der Waals surface area contributed by atoms with Gasteiger partial charge in [0.1, 0.15) is 5.58 Å². The molecule has 2 aromatic heterocycles. The molecule has 0 atom stereocenters. The Balaban J connectivity index is 1.85. The Kier molecular flexibility index (Phi) is 4.93. The number of hydrogen-bond donors (Lipinski definition) is 0. The molecule has 132 valence electrons. The quantitative estimate of drug-likeness (QED) is 0.456. The lowest BCUT2D eigenvalue weighted by Gasteiger charge is -2.06. The van der Waals surface area contributed by atoms with Gasteiger partial charge in [0.2, 0.25) is 0 Å². The third-order valence-electron chi connectivity index (χ3n) is 4.06. The van der Waals surface area contributed by atoms with Crippen molar-refractivity contribution in [2.24, 2.45) is 4.99 Å². The molecule has 0 amide bonds. The number of benzene rings is 2. The summed E-state index contributed by atoms with van der Waals surface area (Å²) in [6.07, 6.45) is 0. The second-order valence-electron chi connectivity index (χ2n) is 5.76. The van der Waals surface area contributed by atoms with Crippen molar-refractivity contribution in [2.75, 3.05) is 13.7 Å². The number of aromatic nitrogens is 1. The maximum absolute atomic E-state index is 6.27. The predicted octanol–water partition coefficient (Wildman–Crippen LogP) is 5.50. The number of thiazole rings is 1. The number of hydrogen-bond acceptors (Lipinski definition) is 4. The van der Waals surface area contributed by atoms with Gasteiger partial charge in [0.15, 0.2) is 10.6 Å². The highest BCUT2D eigenvalue weighted by atomic mass is 35.5.